The predicted octanol–water partition coefficient (Wildman–Crippen LogP) is 1.71. The number of carboxylic acid groups (broad SMARTS) is 1. The van der Waals surface area contributed by atoms with E-state index in [1.54, 1.807) is 12.1 Å². The average molecular weight is 323 g/mol. The number of benzene rings is 1. The molecule has 21 heavy (non-hydrogen) atoms. The summed E-state index contributed by atoms with van der Waals surface area (Å²) in [6.45, 7) is 0. The lowest BCUT2D eigenvalue weighted by molar-refractivity contribution is 0.0687. The number of hydrogen-bond donors (Lipinski definition) is 2. The van der Waals surface area contributed by atoms with Gasteiger partial charge in [0.05, 0.1) is 18.0 Å². The van der Waals surface area contributed by atoms with E-state index in [1.807, 2.05) is 6.07 Å². The van der Waals surface area contributed by atoms with Gasteiger partial charge in [-0.1, -0.05) is 12.1 Å². The smallest absolute Gasteiger partial charge is 0.356 e. The summed E-state index contributed by atoms with van der Waals surface area (Å²) in [5, 5.41) is 17.5. The van der Waals surface area contributed by atoms with Crippen molar-refractivity contribution in [3.63, 3.8) is 0 Å². The molecule has 0 aliphatic carbocycles. The molecule has 0 atom stereocenters. The van der Waals surface area contributed by atoms with E-state index in [9.17, 15) is 13.2 Å². The number of carbonyl (C=O) groups is 1. The number of aromatic nitrogens is 1. The highest BCUT2D eigenvalue weighted by atomic mass is 32.2. The van der Waals surface area contributed by atoms with Gasteiger partial charge in [0.2, 0.25) is 0 Å². The zero-order valence-corrected chi connectivity index (χ0v) is 12.1. The molecule has 2 rings (SSSR count). The third-order valence-corrected chi connectivity index (χ3v) is 5.22. The van der Waals surface area contributed by atoms with E-state index in [1.165, 1.54) is 12.1 Å². The number of rotatable bonds is 5. The van der Waals surface area contributed by atoms with E-state index in [0.717, 1.165) is 22.4 Å². The number of aromatic carboxylic acids is 1. The number of nitriles is 1. The lowest BCUT2D eigenvalue weighted by Gasteiger charge is -2.07. The molecule has 0 spiro atoms. The molecule has 0 unspecified atom stereocenters. The summed E-state index contributed by atoms with van der Waals surface area (Å²) in [6, 6.07) is 8.23. The van der Waals surface area contributed by atoms with Gasteiger partial charge >= 0.3 is 5.97 Å². The molecule has 0 saturated heterocycles. The number of carboxylic acids is 1. The van der Waals surface area contributed by atoms with E-state index >= 15 is 0 Å². The van der Waals surface area contributed by atoms with E-state index in [2.05, 4.69) is 9.71 Å². The lowest BCUT2D eigenvalue weighted by Crippen LogP contribution is -2.15. The minimum atomic E-state index is -4.01. The third kappa shape index (κ3) is 3.36. The van der Waals surface area contributed by atoms with Crippen LogP contribution in [0.25, 0.3) is 0 Å². The Balaban J connectivity index is 2.27. The zero-order chi connectivity index (χ0) is 15.5. The van der Waals surface area contributed by atoms with Crippen LogP contribution in [0.2, 0.25) is 0 Å². The first-order valence-corrected chi connectivity index (χ1v) is 7.96. The minimum absolute atomic E-state index is 0.227. The first-order valence-electron chi connectivity index (χ1n) is 5.59. The van der Waals surface area contributed by atoms with Crippen LogP contribution >= 0.6 is 11.3 Å². The highest BCUT2D eigenvalue weighted by Gasteiger charge is 2.25. The molecule has 1 aromatic carbocycles. The molecule has 0 bridgehead atoms. The fourth-order valence-electron chi connectivity index (χ4n) is 1.55. The van der Waals surface area contributed by atoms with Gasteiger partial charge in [-0.3, -0.25) is 4.72 Å². The standard InChI is InChI=1S/C12H9N3O4S2/c13-6-5-8-1-3-9(4-2-8)15-21(18,19)12-10(11(16)17)14-7-20-12/h1-4,7,15H,5H2,(H,16,17). The third-order valence-electron chi connectivity index (χ3n) is 2.47. The molecule has 1 heterocycles. The van der Waals surface area contributed by atoms with Gasteiger partial charge in [0, 0.05) is 5.69 Å². The molecule has 108 valence electrons. The topological polar surface area (TPSA) is 120 Å². The number of hydrogen-bond acceptors (Lipinski definition) is 6. The van der Waals surface area contributed by atoms with Gasteiger partial charge in [0.25, 0.3) is 10.0 Å². The fourth-order valence-corrected chi connectivity index (χ4v) is 3.75. The van der Waals surface area contributed by atoms with Crippen molar-refractivity contribution in [1.82, 2.24) is 4.98 Å². The first kappa shape index (κ1) is 15.0. The predicted molar refractivity (Wildman–Crippen MR) is 75.6 cm³/mol. The molecule has 0 aliphatic rings. The second-order valence-corrected chi connectivity index (χ2v) is 6.66. The van der Waals surface area contributed by atoms with Gasteiger partial charge in [0.15, 0.2) is 9.90 Å². The van der Waals surface area contributed by atoms with Crippen molar-refractivity contribution in [2.24, 2.45) is 0 Å². The highest BCUT2D eigenvalue weighted by molar-refractivity contribution is 7.94. The number of sulfonamides is 1. The maximum atomic E-state index is 12.1. The molecular weight excluding hydrogens is 314 g/mol. The molecule has 0 amide bonds. The summed E-state index contributed by atoms with van der Waals surface area (Å²) in [6.07, 6.45) is 0.227. The van der Waals surface area contributed by atoms with E-state index in [-0.39, 0.29) is 16.3 Å². The average Bonchev–Trinajstić information content (AvgIpc) is 2.91. The van der Waals surface area contributed by atoms with Crippen molar-refractivity contribution in [2.75, 3.05) is 4.72 Å². The van der Waals surface area contributed by atoms with Crippen LogP contribution in [-0.2, 0) is 16.4 Å². The maximum absolute atomic E-state index is 12.1. The summed E-state index contributed by atoms with van der Waals surface area (Å²) in [5.74, 6) is -1.40. The number of nitrogens with zero attached hydrogens (tertiary/aromatic N) is 2. The van der Waals surface area contributed by atoms with E-state index < -0.39 is 21.7 Å². The molecule has 2 N–H and O–H groups in total. The Labute approximate surface area is 124 Å². The molecule has 2 aromatic rings. The van der Waals surface area contributed by atoms with Crippen molar-refractivity contribution in [1.29, 1.82) is 5.26 Å². The molecule has 0 radical (unpaired) electrons. The van der Waals surface area contributed by atoms with Crippen LogP contribution < -0.4 is 4.72 Å². The fraction of sp³-hybridized carbons (Fsp3) is 0.0833. The Hall–Kier alpha value is -2.44. The number of anilines is 1. The lowest BCUT2D eigenvalue weighted by atomic mass is 10.1. The van der Waals surface area contributed by atoms with E-state index in [4.69, 9.17) is 10.4 Å². The maximum Gasteiger partial charge on any atom is 0.356 e. The van der Waals surface area contributed by atoms with Gasteiger partial charge in [-0.25, -0.2) is 18.2 Å². The van der Waals surface area contributed by atoms with Crippen LogP contribution in [0.4, 0.5) is 5.69 Å². The van der Waals surface area contributed by atoms with Gasteiger partial charge in [0.1, 0.15) is 0 Å². The Morgan fingerprint density at radius 1 is 1.38 bits per heavy atom. The Morgan fingerprint density at radius 3 is 2.62 bits per heavy atom. The summed E-state index contributed by atoms with van der Waals surface area (Å²) >= 11 is 0.730. The van der Waals surface area contributed by atoms with Gasteiger partial charge < -0.3 is 5.11 Å². The molecule has 1 aromatic heterocycles. The van der Waals surface area contributed by atoms with Crippen molar-refractivity contribution in [3.05, 3.63) is 41.0 Å². The molecule has 9 heteroatoms. The molecule has 0 aliphatic heterocycles. The van der Waals surface area contributed by atoms with E-state index in [0.29, 0.717) is 0 Å². The van der Waals surface area contributed by atoms with Crippen LogP contribution in [0.1, 0.15) is 16.1 Å². The quantitative estimate of drug-likeness (QED) is 0.864. The van der Waals surface area contributed by atoms with Gasteiger partial charge in [-0.15, -0.1) is 11.3 Å². The van der Waals surface area contributed by atoms with Gasteiger partial charge in [-0.05, 0) is 17.7 Å². The highest BCUT2D eigenvalue weighted by Crippen LogP contribution is 2.23. The normalized spacial score (nSPS) is 10.8. The molecule has 7 nitrogen and oxygen atoms in total. The van der Waals surface area contributed by atoms with Crippen LogP contribution in [0.15, 0.2) is 34.0 Å². The largest absolute Gasteiger partial charge is 0.476 e. The SMILES string of the molecule is N#CCc1ccc(NS(=O)(=O)c2scnc2C(=O)O)cc1. The minimum Gasteiger partial charge on any atom is -0.476 e. The summed E-state index contributed by atoms with van der Waals surface area (Å²) < 4.78 is 26.2. The monoisotopic (exact) mass is 323 g/mol. The number of nitrogens with one attached hydrogen (secondary N) is 1. The molecule has 0 saturated carbocycles. The van der Waals surface area contributed by atoms with Crippen molar-refractivity contribution in [3.8, 4) is 6.07 Å². The Bertz CT molecular complexity index is 804. The van der Waals surface area contributed by atoms with Gasteiger partial charge in [-0.2, -0.15) is 5.26 Å². The summed E-state index contributed by atoms with van der Waals surface area (Å²) in [7, 11) is -4.01. The second kappa shape index (κ2) is 5.90. The summed E-state index contributed by atoms with van der Waals surface area (Å²) in [5.41, 5.74) is 1.69. The molecule has 0 fully saturated rings. The number of thiazole rings is 1. The Kier molecular flexibility index (Phi) is 4.21. The van der Waals surface area contributed by atoms with Crippen molar-refractivity contribution in [2.45, 2.75) is 10.6 Å². The van der Waals surface area contributed by atoms with Crippen LogP contribution in [0.3, 0.4) is 0 Å². The van der Waals surface area contributed by atoms with Crippen LogP contribution in [0.5, 0.6) is 0 Å². The van der Waals surface area contributed by atoms with Crippen molar-refractivity contribution < 1.29 is 18.3 Å². The summed E-state index contributed by atoms with van der Waals surface area (Å²) in [4.78, 5) is 14.4. The van der Waals surface area contributed by atoms with Crippen molar-refractivity contribution >= 4 is 33.0 Å². The molecular formula is C12H9N3O4S2. The van der Waals surface area contributed by atoms with Crippen LogP contribution in [-0.4, -0.2) is 24.5 Å². The second-order valence-electron chi connectivity index (χ2n) is 3.93. The first-order chi connectivity index (χ1) is 9.94. The van der Waals surface area contributed by atoms with Crippen LogP contribution in [0, 0.1) is 11.3 Å². The zero-order valence-electron chi connectivity index (χ0n) is 10.5. The Morgan fingerprint density at radius 2 is 2.05 bits per heavy atom.